The second-order valence-electron chi connectivity index (χ2n) is 5.79. The summed E-state index contributed by atoms with van der Waals surface area (Å²) in [6.45, 7) is 4.12. The number of aromatic nitrogens is 2. The topological polar surface area (TPSA) is 64.1 Å². The number of carbonyl (C=O) groups excluding carboxylic acids is 1. The van der Waals surface area contributed by atoms with Crippen LogP contribution in [0.3, 0.4) is 0 Å². The lowest BCUT2D eigenvalue weighted by atomic mass is 9.92. The first-order chi connectivity index (χ1) is 9.63. The Morgan fingerprint density at radius 3 is 2.55 bits per heavy atom. The molecular formula is C15H23N3O2. The smallest absolute Gasteiger partial charge is 0.316 e. The standard InChI is InChI=1S/C15H23N3O2/c1-11(2)10-14(19)18-12-4-6-13(7-5-12)20-15-16-8-3-9-17-15/h3,8-9,11-13H,4-7,10H2,1-2H3,(H,18,19). The molecule has 1 aliphatic rings. The second-order valence-corrected chi connectivity index (χ2v) is 5.79. The molecule has 1 heterocycles. The monoisotopic (exact) mass is 277 g/mol. The molecule has 0 radical (unpaired) electrons. The Balaban J connectivity index is 1.71. The van der Waals surface area contributed by atoms with Crippen LogP contribution in [0.1, 0.15) is 46.0 Å². The maximum Gasteiger partial charge on any atom is 0.316 e. The average Bonchev–Trinajstić information content (AvgIpc) is 2.41. The largest absolute Gasteiger partial charge is 0.460 e. The van der Waals surface area contributed by atoms with Crippen molar-refractivity contribution < 1.29 is 9.53 Å². The van der Waals surface area contributed by atoms with E-state index in [2.05, 4.69) is 29.1 Å². The highest BCUT2D eigenvalue weighted by atomic mass is 16.5. The molecule has 0 saturated heterocycles. The molecule has 0 bridgehead atoms. The van der Waals surface area contributed by atoms with E-state index >= 15 is 0 Å². The van der Waals surface area contributed by atoms with Crippen molar-refractivity contribution in [3.05, 3.63) is 18.5 Å². The van der Waals surface area contributed by atoms with Gasteiger partial charge >= 0.3 is 6.01 Å². The van der Waals surface area contributed by atoms with E-state index < -0.39 is 0 Å². The predicted octanol–water partition coefficient (Wildman–Crippen LogP) is 2.33. The highest BCUT2D eigenvalue weighted by Gasteiger charge is 2.24. The lowest BCUT2D eigenvalue weighted by molar-refractivity contribution is -0.122. The molecule has 110 valence electrons. The van der Waals surface area contributed by atoms with Gasteiger partial charge < -0.3 is 10.1 Å². The number of rotatable bonds is 5. The van der Waals surface area contributed by atoms with Crippen molar-refractivity contribution in [3.63, 3.8) is 0 Å². The van der Waals surface area contributed by atoms with E-state index in [1.807, 2.05) is 0 Å². The third kappa shape index (κ3) is 4.79. The minimum atomic E-state index is 0.163. The lowest BCUT2D eigenvalue weighted by Crippen LogP contribution is -2.40. The molecule has 1 aromatic rings. The van der Waals surface area contributed by atoms with Gasteiger partial charge in [0, 0.05) is 24.9 Å². The molecule has 0 aromatic carbocycles. The summed E-state index contributed by atoms with van der Waals surface area (Å²) in [6, 6.07) is 2.51. The zero-order valence-corrected chi connectivity index (χ0v) is 12.2. The van der Waals surface area contributed by atoms with Gasteiger partial charge in [-0.1, -0.05) is 13.8 Å². The van der Waals surface area contributed by atoms with Crippen LogP contribution in [0.4, 0.5) is 0 Å². The fourth-order valence-electron chi connectivity index (χ4n) is 2.48. The van der Waals surface area contributed by atoms with E-state index in [9.17, 15) is 4.79 Å². The molecule has 0 unspecified atom stereocenters. The summed E-state index contributed by atoms with van der Waals surface area (Å²) in [5, 5.41) is 3.11. The number of hydrogen-bond acceptors (Lipinski definition) is 4. The van der Waals surface area contributed by atoms with Gasteiger partial charge in [0.05, 0.1) is 0 Å². The molecule has 0 spiro atoms. The number of nitrogens with zero attached hydrogens (tertiary/aromatic N) is 2. The van der Waals surface area contributed by atoms with Gasteiger partial charge in [0.2, 0.25) is 5.91 Å². The first-order valence-corrected chi connectivity index (χ1v) is 7.36. The van der Waals surface area contributed by atoms with Gasteiger partial charge in [0.1, 0.15) is 6.10 Å². The molecule has 1 N–H and O–H groups in total. The average molecular weight is 277 g/mol. The Labute approximate surface area is 120 Å². The van der Waals surface area contributed by atoms with Crippen LogP contribution in [0, 0.1) is 5.92 Å². The van der Waals surface area contributed by atoms with Crippen LogP contribution in [-0.2, 0) is 4.79 Å². The van der Waals surface area contributed by atoms with Crippen molar-refractivity contribution in [2.24, 2.45) is 5.92 Å². The number of hydrogen-bond donors (Lipinski definition) is 1. The fourth-order valence-corrected chi connectivity index (χ4v) is 2.48. The minimum Gasteiger partial charge on any atom is -0.460 e. The van der Waals surface area contributed by atoms with Crippen LogP contribution >= 0.6 is 0 Å². The third-order valence-corrected chi connectivity index (χ3v) is 3.45. The Bertz CT molecular complexity index is 414. The molecular weight excluding hydrogens is 254 g/mol. The maximum atomic E-state index is 11.7. The van der Waals surface area contributed by atoms with E-state index in [-0.39, 0.29) is 18.1 Å². The Kier molecular flexibility index (Phi) is 5.32. The number of ether oxygens (including phenoxy) is 1. The zero-order chi connectivity index (χ0) is 14.4. The Hall–Kier alpha value is -1.65. The van der Waals surface area contributed by atoms with Crippen LogP contribution in [0.25, 0.3) is 0 Å². The summed E-state index contributed by atoms with van der Waals surface area (Å²) in [5.74, 6) is 0.570. The summed E-state index contributed by atoms with van der Waals surface area (Å²) in [6.07, 6.45) is 7.92. The van der Waals surface area contributed by atoms with Gasteiger partial charge in [0.25, 0.3) is 0 Å². The Morgan fingerprint density at radius 1 is 1.30 bits per heavy atom. The minimum absolute atomic E-state index is 0.163. The maximum absolute atomic E-state index is 11.7. The Morgan fingerprint density at radius 2 is 1.95 bits per heavy atom. The predicted molar refractivity (Wildman–Crippen MR) is 76.3 cm³/mol. The zero-order valence-electron chi connectivity index (χ0n) is 12.2. The van der Waals surface area contributed by atoms with Crippen LogP contribution in [0.2, 0.25) is 0 Å². The van der Waals surface area contributed by atoms with Crippen molar-refractivity contribution in [1.82, 2.24) is 15.3 Å². The third-order valence-electron chi connectivity index (χ3n) is 3.45. The molecule has 1 amide bonds. The quantitative estimate of drug-likeness (QED) is 0.897. The van der Waals surface area contributed by atoms with E-state index in [1.54, 1.807) is 18.5 Å². The lowest BCUT2D eigenvalue weighted by Gasteiger charge is -2.29. The highest BCUT2D eigenvalue weighted by molar-refractivity contribution is 5.76. The first-order valence-electron chi connectivity index (χ1n) is 7.36. The van der Waals surface area contributed by atoms with Crippen LogP contribution < -0.4 is 10.1 Å². The van der Waals surface area contributed by atoms with E-state index in [0.29, 0.717) is 18.3 Å². The number of nitrogens with one attached hydrogen (secondary N) is 1. The number of carbonyl (C=O) groups is 1. The van der Waals surface area contributed by atoms with Gasteiger partial charge in [-0.15, -0.1) is 0 Å². The molecule has 0 aliphatic heterocycles. The van der Waals surface area contributed by atoms with Crippen molar-refractivity contribution in [2.75, 3.05) is 0 Å². The van der Waals surface area contributed by atoms with Gasteiger partial charge in [-0.2, -0.15) is 0 Å². The second kappa shape index (κ2) is 7.22. The molecule has 1 aromatic heterocycles. The van der Waals surface area contributed by atoms with Crippen LogP contribution in [0.15, 0.2) is 18.5 Å². The van der Waals surface area contributed by atoms with Gasteiger partial charge in [0.15, 0.2) is 0 Å². The van der Waals surface area contributed by atoms with Crippen molar-refractivity contribution in [1.29, 1.82) is 0 Å². The molecule has 1 aliphatic carbocycles. The van der Waals surface area contributed by atoms with E-state index in [1.165, 1.54) is 0 Å². The summed E-state index contributed by atoms with van der Waals surface area (Å²) < 4.78 is 5.74. The molecule has 1 fully saturated rings. The van der Waals surface area contributed by atoms with Gasteiger partial charge in [-0.3, -0.25) is 4.79 Å². The number of amides is 1. The summed E-state index contributed by atoms with van der Waals surface area (Å²) in [5.41, 5.74) is 0. The summed E-state index contributed by atoms with van der Waals surface area (Å²) in [7, 11) is 0. The summed E-state index contributed by atoms with van der Waals surface area (Å²) in [4.78, 5) is 19.9. The molecule has 1 saturated carbocycles. The molecule has 0 atom stereocenters. The van der Waals surface area contributed by atoms with Crippen molar-refractivity contribution in [2.45, 2.75) is 58.1 Å². The van der Waals surface area contributed by atoms with Gasteiger partial charge in [-0.25, -0.2) is 9.97 Å². The highest BCUT2D eigenvalue weighted by Crippen LogP contribution is 2.22. The van der Waals surface area contributed by atoms with E-state index in [0.717, 1.165) is 25.7 Å². The van der Waals surface area contributed by atoms with Crippen LogP contribution in [-0.4, -0.2) is 28.0 Å². The van der Waals surface area contributed by atoms with Crippen molar-refractivity contribution >= 4 is 5.91 Å². The van der Waals surface area contributed by atoms with Gasteiger partial charge in [-0.05, 0) is 37.7 Å². The first kappa shape index (κ1) is 14.8. The summed E-state index contributed by atoms with van der Waals surface area (Å²) >= 11 is 0. The molecule has 5 heteroatoms. The van der Waals surface area contributed by atoms with Crippen molar-refractivity contribution in [3.8, 4) is 6.01 Å². The molecule has 2 rings (SSSR count). The normalized spacial score (nSPS) is 22.6. The fraction of sp³-hybridized carbons (Fsp3) is 0.667. The SMILES string of the molecule is CC(C)CC(=O)NC1CCC(Oc2ncccn2)CC1. The van der Waals surface area contributed by atoms with E-state index in [4.69, 9.17) is 4.74 Å². The van der Waals surface area contributed by atoms with Crippen LogP contribution in [0.5, 0.6) is 6.01 Å². The molecule has 5 nitrogen and oxygen atoms in total. The molecule has 20 heavy (non-hydrogen) atoms.